The highest BCUT2D eigenvalue weighted by Crippen LogP contribution is 2.21. The van der Waals surface area contributed by atoms with Gasteiger partial charge in [0.25, 0.3) is 5.56 Å². The van der Waals surface area contributed by atoms with E-state index in [1.54, 1.807) is 4.57 Å². The van der Waals surface area contributed by atoms with E-state index in [4.69, 9.17) is 4.98 Å². The van der Waals surface area contributed by atoms with E-state index < -0.39 is 0 Å². The Kier molecular flexibility index (Phi) is 8.02. The molecular weight excluding hydrogens is 484 g/mol. The summed E-state index contributed by atoms with van der Waals surface area (Å²) in [4.78, 5) is 33.6. The molecule has 0 atom stereocenters. The molecule has 1 N–H and O–H groups in total. The van der Waals surface area contributed by atoms with Crippen LogP contribution >= 0.6 is 0 Å². The molecule has 6 nitrogen and oxygen atoms in total. The van der Waals surface area contributed by atoms with Gasteiger partial charge in [0, 0.05) is 19.6 Å². The normalized spacial score (nSPS) is 11.1. The van der Waals surface area contributed by atoms with E-state index in [0.717, 1.165) is 53.5 Å². The van der Waals surface area contributed by atoms with Crippen LogP contribution in [0.3, 0.4) is 0 Å². The van der Waals surface area contributed by atoms with Gasteiger partial charge in [-0.1, -0.05) is 80.6 Å². The fourth-order valence-electron chi connectivity index (χ4n) is 5.07. The molecule has 1 heterocycles. The smallest absolute Gasteiger partial charge is 0.267 e. The van der Waals surface area contributed by atoms with E-state index in [-0.39, 0.29) is 17.9 Å². The average Bonchev–Trinajstić information content (AvgIpc) is 2.96. The van der Waals surface area contributed by atoms with E-state index in [9.17, 15) is 9.59 Å². The molecule has 5 rings (SSSR count). The van der Waals surface area contributed by atoms with Gasteiger partial charge in [0.1, 0.15) is 0 Å². The van der Waals surface area contributed by atoms with Crippen LogP contribution in [-0.2, 0) is 17.8 Å². The summed E-state index contributed by atoms with van der Waals surface area (Å²) in [5.74, 6) is 0.612. The monoisotopic (exact) mass is 518 g/mol. The van der Waals surface area contributed by atoms with Gasteiger partial charge in [-0.3, -0.25) is 9.59 Å². The molecule has 0 aliphatic heterocycles. The van der Waals surface area contributed by atoms with Crippen LogP contribution < -0.4 is 15.8 Å². The summed E-state index contributed by atoms with van der Waals surface area (Å²) in [7, 11) is 0. The van der Waals surface area contributed by atoms with Crippen LogP contribution in [0.5, 0.6) is 0 Å². The third kappa shape index (κ3) is 5.70. The molecule has 0 saturated carbocycles. The Balaban J connectivity index is 1.38. The lowest BCUT2D eigenvalue weighted by Gasteiger charge is -2.26. The lowest BCUT2D eigenvalue weighted by atomic mass is 10.0. The SMILES string of the molecule is CCCN(CCC)c1nc2ccccc2c(=O)n1-c1ccc(CC(=O)NCc2cccc3ccccc23)cc1. The van der Waals surface area contributed by atoms with E-state index in [0.29, 0.717) is 23.4 Å². The van der Waals surface area contributed by atoms with Crippen molar-refractivity contribution < 1.29 is 4.79 Å². The molecular formula is C33H34N4O2. The number of nitrogens with zero attached hydrogens (tertiary/aromatic N) is 3. The molecule has 0 saturated heterocycles. The number of hydrogen-bond donors (Lipinski definition) is 1. The predicted molar refractivity (Wildman–Crippen MR) is 160 cm³/mol. The largest absolute Gasteiger partial charge is 0.352 e. The van der Waals surface area contributed by atoms with Crippen molar-refractivity contribution in [2.24, 2.45) is 0 Å². The molecule has 5 aromatic rings. The molecule has 0 fully saturated rings. The molecule has 0 bridgehead atoms. The summed E-state index contributed by atoms with van der Waals surface area (Å²) in [6.45, 7) is 6.37. The zero-order chi connectivity index (χ0) is 27.2. The van der Waals surface area contributed by atoms with E-state index in [1.807, 2.05) is 72.8 Å². The first-order chi connectivity index (χ1) is 19.1. The van der Waals surface area contributed by atoms with Gasteiger partial charge >= 0.3 is 0 Å². The lowest BCUT2D eigenvalue weighted by Crippen LogP contribution is -2.33. The number of carbonyl (C=O) groups is 1. The molecule has 0 unspecified atom stereocenters. The molecule has 6 heteroatoms. The van der Waals surface area contributed by atoms with E-state index in [2.05, 4.69) is 42.3 Å². The second kappa shape index (κ2) is 11.9. The van der Waals surface area contributed by atoms with Crippen molar-refractivity contribution in [3.63, 3.8) is 0 Å². The van der Waals surface area contributed by atoms with Gasteiger partial charge in [0.05, 0.1) is 23.0 Å². The van der Waals surface area contributed by atoms with Crippen LogP contribution in [0, 0.1) is 0 Å². The lowest BCUT2D eigenvalue weighted by molar-refractivity contribution is -0.120. The first-order valence-corrected chi connectivity index (χ1v) is 13.7. The standard InChI is InChI=1S/C33H34N4O2/c1-3-20-36(21-4-2)33-35-30-15-8-7-14-29(30)32(39)37(33)27-18-16-24(17-19-27)22-31(38)34-23-26-12-9-11-25-10-5-6-13-28(25)26/h5-19H,3-4,20-23H2,1-2H3,(H,34,38). The summed E-state index contributed by atoms with van der Waals surface area (Å²) >= 11 is 0. The van der Waals surface area contributed by atoms with Gasteiger partial charge in [0.15, 0.2) is 0 Å². The van der Waals surface area contributed by atoms with Gasteiger partial charge in [-0.15, -0.1) is 0 Å². The van der Waals surface area contributed by atoms with Crippen molar-refractivity contribution in [3.8, 4) is 5.69 Å². The van der Waals surface area contributed by atoms with Crippen molar-refractivity contribution in [2.75, 3.05) is 18.0 Å². The number of fused-ring (bicyclic) bond motifs is 2. The Morgan fingerprint density at radius 1 is 0.821 bits per heavy atom. The summed E-state index contributed by atoms with van der Waals surface area (Å²) < 4.78 is 1.71. The molecule has 0 spiro atoms. The maximum absolute atomic E-state index is 13.7. The highest BCUT2D eigenvalue weighted by Gasteiger charge is 2.18. The summed E-state index contributed by atoms with van der Waals surface area (Å²) in [5.41, 5.74) is 3.33. The van der Waals surface area contributed by atoms with Crippen LogP contribution in [0.4, 0.5) is 5.95 Å². The van der Waals surface area contributed by atoms with Crippen LogP contribution in [0.25, 0.3) is 27.4 Å². The summed E-state index contributed by atoms with van der Waals surface area (Å²) in [6.07, 6.45) is 2.17. The van der Waals surface area contributed by atoms with E-state index >= 15 is 0 Å². The number of nitrogens with one attached hydrogen (secondary N) is 1. The quantitative estimate of drug-likeness (QED) is 0.245. The Morgan fingerprint density at radius 3 is 2.23 bits per heavy atom. The van der Waals surface area contributed by atoms with Crippen LogP contribution in [0.15, 0.2) is 95.8 Å². The third-order valence-corrected chi connectivity index (χ3v) is 6.94. The summed E-state index contributed by atoms with van der Waals surface area (Å²) in [6, 6.07) is 29.5. The van der Waals surface area contributed by atoms with Gasteiger partial charge in [0.2, 0.25) is 11.9 Å². The minimum atomic E-state index is -0.0895. The number of aromatic nitrogens is 2. The first kappa shape index (κ1) is 26.2. The predicted octanol–water partition coefficient (Wildman–Crippen LogP) is 6.02. The van der Waals surface area contributed by atoms with Crippen molar-refractivity contribution in [3.05, 3.63) is 112 Å². The second-order valence-electron chi connectivity index (χ2n) is 9.81. The second-order valence-corrected chi connectivity index (χ2v) is 9.81. The number of benzene rings is 4. The Bertz CT molecular complexity index is 1650. The number of rotatable bonds is 10. The summed E-state index contributed by atoms with van der Waals surface area (Å²) in [5, 5.41) is 5.95. The number of hydrogen-bond acceptors (Lipinski definition) is 4. The topological polar surface area (TPSA) is 67.2 Å². The fourth-order valence-corrected chi connectivity index (χ4v) is 5.07. The molecule has 39 heavy (non-hydrogen) atoms. The number of carbonyl (C=O) groups excluding carboxylic acids is 1. The van der Waals surface area contributed by atoms with Gasteiger partial charge in [-0.2, -0.15) is 0 Å². The van der Waals surface area contributed by atoms with Crippen molar-refractivity contribution in [1.82, 2.24) is 14.9 Å². The zero-order valence-corrected chi connectivity index (χ0v) is 22.6. The highest BCUT2D eigenvalue weighted by atomic mass is 16.1. The Hall–Kier alpha value is -4.45. The number of amides is 1. The Morgan fingerprint density at radius 2 is 1.49 bits per heavy atom. The highest BCUT2D eigenvalue weighted by molar-refractivity contribution is 5.86. The minimum absolute atomic E-state index is 0.0435. The fraction of sp³-hybridized carbons (Fsp3) is 0.242. The molecule has 0 aliphatic carbocycles. The molecule has 1 amide bonds. The van der Waals surface area contributed by atoms with E-state index in [1.165, 1.54) is 0 Å². The molecule has 198 valence electrons. The van der Waals surface area contributed by atoms with Gasteiger partial charge < -0.3 is 10.2 Å². The first-order valence-electron chi connectivity index (χ1n) is 13.7. The van der Waals surface area contributed by atoms with Crippen molar-refractivity contribution >= 4 is 33.5 Å². The molecule has 0 aliphatic rings. The van der Waals surface area contributed by atoms with Gasteiger partial charge in [-0.25, -0.2) is 9.55 Å². The number of anilines is 1. The van der Waals surface area contributed by atoms with Crippen LogP contribution in [-0.4, -0.2) is 28.5 Å². The maximum Gasteiger partial charge on any atom is 0.267 e. The zero-order valence-electron chi connectivity index (χ0n) is 22.6. The van der Waals surface area contributed by atoms with Crippen molar-refractivity contribution in [1.29, 1.82) is 0 Å². The van der Waals surface area contributed by atoms with Crippen molar-refractivity contribution in [2.45, 2.75) is 39.7 Å². The van der Waals surface area contributed by atoms with Crippen LogP contribution in [0.1, 0.15) is 37.8 Å². The molecule has 4 aromatic carbocycles. The maximum atomic E-state index is 13.7. The molecule has 1 aromatic heterocycles. The van der Waals surface area contributed by atoms with Gasteiger partial charge in [-0.05, 0) is 59.0 Å². The Labute approximate surface area is 228 Å². The van der Waals surface area contributed by atoms with Crippen LogP contribution in [0.2, 0.25) is 0 Å². The minimum Gasteiger partial charge on any atom is -0.352 e. The average molecular weight is 519 g/mol. The third-order valence-electron chi connectivity index (χ3n) is 6.94. The molecule has 0 radical (unpaired) electrons. The number of para-hydroxylation sites is 1.